The second-order valence-electron chi connectivity index (χ2n) is 6.73. The van der Waals surface area contributed by atoms with Crippen molar-refractivity contribution < 1.29 is 14.1 Å². The SMILES string of the molecule is O=C(Nc1nc(-c2ccc(F)cc2)nc2c1cnn2-c1ccccn1)c1ccc([N+](=O)[O-])s1. The summed E-state index contributed by atoms with van der Waals surface area (Å²) >= 11 is 0.751. The lowest BCUT2D eigenvalue weighted by molar-refractivity contribution is -0.380. The van der Waals surface area contributed by atoms with Gasteiger partial charge >= 0.3 is 5.00 Å². The molecular formula is C21H12FN7O3S. The van der Waals surface area contributed by atoms with Crippen LogP contribution in [0.25, 0.3) is 28.2 Å². The summed E-state index contributed by atoms with van der Waals surface area (Å²) < 4.78 is 14.9. The number of nitro groups is 1. The Kier molecular flexibility index (Phi) is 5.03. The van der Waals surface area contributed by atoms with Crippen LogP contribution < -0.4 is 5.32 Å². The zero-order chi connectivity index (χ0) is 22.9. The number of aromatic nitrogens is 5. The molecule has 0 radical (unpaired) electrons. The molecule has 1 aromatic carbocycles. The maximum absolute atomic E-state index is 13.4. The Morgan fingerprint density at radius 3 is 2.61 bits per heavy atom. The number of anilines is 1. The molecule has 0 spiro atoms. The number of benzene rings is 1. The number of rotatable bonds is 5. The molecule has 5 aromatic rings. The molecule has 0 fully saturated rings. The summed E-state index contributed by atoms with van der Waals surface area (Å²) in [6, 6.07) is 13.5. The van der Waals surface area contributed by atoms with Crippen molar-refractivity contribution in [3.8, 4) is 17.2 Å². The molecule has 0 saturated heterocycles. The molecule has 33 heavy (non-hydrogen) atoms. The quantitative estimate of drug-likeness (QED) is 0.306. The number of pyridine rings is 1. The summed E-state index contributed by atoms with van der Waals surface area (Å²) in [7, 11) is 0. The molecule has 1 amide bonds. The highest BCUT2D eigenvalue weighted by Crippen LogP contribution is 2.29. The van der Waals surface area contributed by atoms with Crippen LogP contribution in [-0.2, 0) is 0 Å². The Balaban J connectivity index is 1.63. The average Bonchev–Trinajstić information content (AvgIpc) is 3.48. The average molecular weight is 461 g/mol. The van der Waals surface area contributed by atoms with E-state index in [4.69, 9.17) is 0 Å². The van der Waals surface area contributed by atoms with E-state index in [1.807, 2.05) is 0 Å². The van der Waals surface area contributed by atoms with E-state index in [1.54, 1.807) is 24.4 Å². The number of halogens is 1. The molecule has 5 rings (SSSR count). The van der Waals surface area contributed by atoms with Crippen molar-refractivity contribution in [1.29, 1.82) is 0 Å². The largest absolute Gasteiger partial charge is 0.324 e. The van der Waals surface area contributed by atoms with E-state index in [0.29, 0.717) is 22.4 Å². The monoisotopic (exact) mass is 461 g/mol. The first kappa shape index (κ1) is 20.3. The van der Waals surface area contributed by atoms with Gasteiger partial charge in [-0.3, -0.25) is 14.9 Å². The molecule has 0 atom stereocenters. The van der Waals surface area contributed by atoms with Gasteiger partial charge in [0.05, 0.1) is 21.4 Å². The third-order valence-corrected chi connectivity index (χ3v) is 5.66. The van der Waals surface area contributed by atoms with Gasteiger partial charge in [-0.05, 0) is 42.5 Å². The maximum atomic E-state index is 13.4. The number of nitrogens with one attached hydrogen (secondary N) is 1. The molecule has 10 nitrogen and oxygen atoms in total. The van der Waals surface area contributed by atoms with Crippen LogP contribution in [0.4, 0.5) is 15.2 Å². The minimum absolute atomic E-state index is 0.147. The van der Waals surface area contributed by atoms with Crippen LogP contribution in [-0.4, -0.2) is 35.6 Å². The van der Waals surface area contributed by atoms with Crippen molar-refractivity contribution in [2.45, 2.75) is 0 Å². The van der Waals surface area contributed by atoms with Crippen LogP contribution in [0.15, 0.2) is 67.0 Å². The number of nitrogens with zero attached hydrogens (tertiary/aromatic N) is 6. The van der Waals surface area contributed by atoms with Crippen LogP contribution in [0.3, 0.4) is 0 Å². The van der Waals surface area contributed by atoms with Gasteiger partial charge in [-0.2, -0.15) is 9.78 Å². The zero-order valence-corrected chi connectivity index (χ0v) is 17.4. The van der Waals surface area contributed by atoms with Gasteiger partial charge in [0, 0.05) is 17.8 Å². The summed E-state index contributed by atoms with van der Waals surface area (Å²) in [6.45, 7) is 0. The van der Waals surface area contributed by atoms with Crippen molar-refractivity contribution in [3.63, 3.8) is 0 Å². The molecule has 4 aromatic heterocycles. The third-order valence-electron chi connectivity index (χ3n) is 4.62. The molecule has 0 saturated carbocycles. The number of carbonyl (C=O) groups excluding carboxylic acids is 1. The van der Waals surface area contributed by atoms with Crippen molar-refractivity contribution in [2.75, 3.05) is 5.32 Å². The van der Waals surface area contributed by atoms with E-state index < -0.39 is 16.6 Å². The van der Waals surface area contributed by atoms with Crippen molar-refractivity contribution >= 4 is 39.1 Å². The molecule has 1 N–H and O–H groups in total. The molecule has 12 heteroatoms. The van der Waals surface area contributed by atoms with Gasteiger partial charge in [0.15, 0.2) is 17.3 Å². The Morgan fingerprint density at radius 1 is 1.09 bits per heavy atom. The molecule has 0 aliphatic heterocycles. The van der Waals surface area contributed by atoms with Gasteiger partial charge in [0.2, 0.25) is 0 Å². The van der Waals surface area contributed by atoms with Gasteiger partial charge in [-0.15, -0.1) is 0 Å². The number of carbonyl (C=O) groups is 1. The minimum Gasteiger partial charge on any atom is -0.305 e. The maximum Gasteiger partial charge on any atom is 0.324 e. The molecule has 0 unspecified atom stereocenters. The molecule has 0 bridgehead atoms. The lowest BCUT2D eigenvalue weighted by atomic mass is 10.2. The van der Waals surface area contributed by atoms with Gasteiger partial charge in [-0.1, -0.05) is 17.4 Å². The van der Waals surface area contributed by atoms with Crippen molar-refractivity contribution in [1.82, 2.24) is 24.7 Å². The number of fused-ring (bicyclic) bond motifs is 1. The summed E-state index contributed by atoms with van der Waals surface area (Å²) in [5.74, 6) is -0.0903. The first-order chi connectivity index (χ1) is 16.0. The highest BCUT2D eigenvalue weighted by molar-refractivity contribution is 7.17. The van der Waals surface area contributed by atoms with Crippen LogP contribution in [0, 0.1) is 15.9 Å². The summed E-state index contributed by atoms with van der Waals surface area (Å²) in [5.41, 5.74) is 0.893. The number of hydrogen-bond donors (Lipinski definition) is 1. The van der Waals surface area contributed by atoms with Crippen LogP contribution >= 0.6 is 11.3 Å². The van der Waals surface area contributed by atoms with E-state index in [1.165, 1.54) is 47.3 Å². The Bertz CT molecular complexity index is 1500. The zero-order valence-electron chi connectivity index (χ0n) is 16.5. The summed E-state index contributed by atoms with van der Waals surface area (Å²) in [5, 5.41) is 18.3. The first-order valence-corrected chi connectivity index (χ1v) is 10.3. The Morgan fingerprint density at radius 2 is 1.91 bits per heavy atom. The topological polar surface area (TPSA) is 129 Å². The van der Waals surface area contributed by atoms with Crippen molar-refractivity contribution in [2.24, 2.45) is 0 Å². The van der Waals surface area contributed by atoms with Crippen LogP contribution in [0.1, 0.15) is 9.67 Å². The van der Waals surface area contributed by atoms with Gasteiger partial charge in [-0.25, -0.2) is 19.3 Å². The third kappa shape index (κ3) is 3.90. The minimum atomic E-state index is -0.566. The highest BCUT2D eigenvalue weighted by Gasteiger charge is 2.20. The predicted molar refractivity (Wildman–Crippen MR) is 119 cm³/mol. The summed E-state index contributed by atoms with van der Waals surface area (Å²) in [4.78, 5) is 36.6. The Labute approximate surface area is 188 Å². The number of hydrogen-bond acceptors (Lipinski definition) is 8. The van der Waals surface area contributed by atoms with E-state index >= 15 is 0 Å². The van der Waals surface area contributed by atoms with Gasteiger partial charge in [0.1, 0.15) is 11.6 Å². The van der Waals surface area contributed by atoms with E-state index in [9.17, 15) is 19.3 Å². The van der Waals surface area contributed by atoms with E-state index in [0.717, 1.165) is 11.3 Å². The number of amides is 1. The Hall–Kier alpha value is -4.58. The lowest BCUT2D eigenvalue weighted by Crippen LogP contribution is -2.13. The standard InChI is InChI=1S/C21H12FN7O3S/c22-13-6-4-12(5-7-13)18-25-19(27-21(30)15-8-9-17(33-15)29(31)32)14-11-24-28(20(14)26-18)16-3-1-2-10-23-16/h1-11H,(H,25,26,27,30). The van der Waals surface area contributed by atoms with E-state index in [2.05, 4.69) is 25.4 Å². The fourth-order valence-corrected chi connectivity index (χ4v) is 3.81. The fraction of sp³-hybridized carbons (Fsp3) is 0. The van der Waals surface area contributed by atoms with Crippen LogP contribution in [0.2, 0.25) is 0 Å². The molecule has 0 aliphatic carbocycles. The lowest BCUT2D eigenvalue weighted by Gasteiger charge is -2.08. The molecule has 0 aliphatic rings. The van der Waals surface area contributed by atoms with Crippen LogP contribution in [0.5, 0.6) is 0 Å². The first-order valence-electron chi connectivity index (χ1n) is 9.48. The van der Waals surface area contributed by atoms with Gasteiger partial charge in [0.25, 0.3) is 5.91 Å². The summed E-state index contributed by atoms with van der Waals surface area (Å²) in [6.07, 6.45) is 3.10. The number of thiophene rings is 1. The normalized spacial score (nSPS) is 10.9. The molecular weight excluding hydrogens is 449 g/mol. The second kappa shape index (κ2) is 8.16. The fourth-order valence-electron chi connectivity index (χ4n) is 3.10. The molecule has 162 valence electrons. The van der Waals surface area contributed by atoms with E-state index in [-0.39, 0.29) is 21.5 Å². The second-order valence-corrected chi connectivity index (χ2v) is 7.80. The van der Waals surface area contributed by atoms with Crippen molar-refractivity contribution in [3.05, 3.63) is 87.8 Å². The highest BCUT2D eigenvalue weighted by atomic mass is 32.1. The predicted octanol–water partition coefficient (Wildman–Crippen LogP) is 4.24. The van der Waals surface area contributed by atoms with Gasteiger partial charge < -0.3 is 5.32 Å². The smallest absolute Gasteiger partial charge is 0.305 e. The molecule has 4 heterocycles.